The smallest absolute Gasteiger partial charge is 0.471 e. The van der Waals surface area contributed by atoms with Crippen LogP contribution in [-0.4, -0.2) is 230 Å². The third kappa shape index (κ3) is 21.1. The monoisotopic (exact) mass is 1750 g/mol. The minimum absolute atomic E-state index is 0.134. The van der Waals surface area contributed by atoms with E-state index in [0.29, 0.717) is 0 Å². The number of nitrogens with zero attached hydrogens (tertiary/aromatic N) is 1. The fourth-order valence-corrected chi connectivity index (χ4v) is 14.4. The highest BCUT2D eigenvalue weighted by Crippen LogP contribution is 2.50. The molecule has 43 heteroatoms. The topological polar surface area (TPSA) is 558 Å². The number of fused-ring (bicyclic) bond motifs is 15. The molecule has 0 aromatic heterocycles. The Morgan fingerprint density at radius 2 is 1.29 bits per heavy atom. The molecule has 2 saturated heterocycles. The molecule has 11 unspecified atom stereocenters. The molecule has 0 aliphatic carbocycles. The van der Waals surface area contributed by atoms with Gasteiger partial charge in [0.05, 0.1) is 28.1 Å². The molecule has 5 aromatic rings. The number of nitrogens with one attached hydrogen (secondary N) is 8. The molecule has 18 N–H and O–H groups in total. The number of carbonyl (C=O) groups excluding carboxylic acids is 11. The summed E-state index contributed by atoms with van der Waals surface area (Å²) in [5.41, 5.74) is 0.676. The summed E-state index contributed by atoms with van der Waals surface area (Å²) >= 11 is 14.3. The molecule has 7 heterocycles. The lowest BCUT2D eigenvalue weighted by molar-refractivity contribution is -0.331. The van der Waals surface area contributed by atoms with Gasteiger partial charge in [0.1, 0.15) is 121 Å². The molecule has 122 heavy (non-hydrogen) atoms. The molecule has 0 radical (unpaired) electrons. The van der Waals surface area contributed by atoms with E-state index in [1.165, 1.54) is 33.0 Å². The largest absolute Gasteiger partial charge is 0.508 e. The van der Waals surface area contributed by atoms with Gasteiger partial charge in [-0.1, -0.05) is 93.2 Å². The Morgan fingerprint density at radius 3 is 1.89 bits per heavy atom. The molecule has 0 spiro atoms. The summed E-state index contributed by atoms with van der Waals surface area (Å²) in [4.78, 5) is 161. The zero-order chi connectivity index (χ0) is 89.4. The number of alkyl halides is 3. The van der Waals surface area contributed by atoms with Crippen LogP contribution in [0.2, 0.25) is 10.0 Å². The molecule has 2 fully saturated rings. The number of aromatic hydroxyl groups is 3. The number of hydrogen-bond donors (Lipinski definition) is 17. The number of esters is 1. The van der Waals surface area contributed by atoms with Crippen LogP contribution >= 0.6 is 23.2 Å². The van der Waals surface area contributed by atoms with Crippen LogP contribution < -0.4 is 62.5 Å². The van der Waals surface area contributed by atoms with Crippen molar-refractivity contribution in [3.05, 3.63) is 155 Å². The standard InChI is InChI=1S/C79H87Cl2F3N10O28/c1-9-18-114-73(110)57-40-27-38(95)28-46(97)54(40)39-22-34(12-15-45(39)96)55-69(106)92-59(72(109)90-57)61(100)36-14-17-48(42(81)24-36)119-50-26-37-25-49(64(50)122-74-65(63(102)62(101)51(120-74)31-86-75(111)79(82,83)84)121-53-30-78(7,66(103)33(6)117-53)93-76(112)115-19-10-2)118-47-16-13-35(23-41(47)80)60(99)58(91-68(105)44(21-32(4)5)94(8)77(113)116-20-11-3)71(108)87-43(29-52(85)98)67(104)88-56(37)70(107)89-55/h9-17,22-28,32-33,43-44,51,53,55-63,65-66,74,95-97,99-103H,1-3,18-21,29-31H2,4-8H3,(H2,85,98)(H,86,111)(H,87,108)(H,88,104)(H,89,107)(H,90,109)(H,91,105)(H,92,106)(H,93,112)/t33?,43-,44-,51?,53?,55?,56?,57+,58+,59-,60+,61+,62?,63?,65?,66?,74?,78?/m0/s1. The van der Waals surface area contributed by atoms with Crippen LogP contribution in [0.1, 0.15) is 105 Å². The maximum atomic E-state index is 16.3. The van der Waals surface area contributed by atoms with Crippen molar-refractivity contribution in [1.29, 1.82) is 0 Å². The van der Waals surface area contributed by atoms with Gasteiger partial charge in [-0.25, -0.2) is 14.4 Å². The number of aliphatic hydroxyl groups is 5. The van der Waals surface area contributed by atoms with Gasteiger partial charge in [0.15, 0.2) is 29.9 Å². The van der Waals surface area contributed by atoms with Gasteiger partial charge in [-0.15, -0.1) is 0 Å². The molecule has 0 saturated carbocycles. The minimum atomic E-state index is -5.57. The van der Waals surface area contributed by atoms with Gasteiger partial charge in [0.2, 0.25) is 53.4 Å². The summed E-state index contributed by atoms with van der Waals surface area (Å²) in [6.07, 6.45) is -27.0. The van der Waals surface area contributed by atoms with Crippen molar-refractivity contribution in [3.8, 4) is 57.1 Å². The average Bonchev–Trinajstić information content (AvgIpc) is 0.762. The molecule has 5 aromatic carbocycles. The van der Waals surface area contributed by atoms with Crippen molar-refractivity contribution in [2.75, 3.05) is 33.4 Å². The third-order valence-electron chi connectivity index (χ3n) is 20.0. The summed E-state index contributed by atoms with van der Waals surface area (Å²) in [6.45, 7) is 14.1. The van der Waals surface area contributed by atoms with Gasteiger partial charge in [-0.05, 0) is 103 Å². The van der Waals surface area contributed by atoms with E-state index in [2.05, 4.69) is 57.0 Å². The van der Waals surface area contributed by atoms with E-state index in [1.807, 2.05) is 0 Å². The Morgan fingerprint density at radius 1 is 0.697 bits per heavy atom. The first-order chi connectivity index (χ1) is 57.5. The predicted molar refractivity (Wildman–Crippen MR) is 416 cm³/mol. The number of ether oxygens (including phenoxy) is 9. The first-order valence-electron chi connectivity index (χ1n) is 37.4. The number of alkyl carbamates (subject to hydrolysis) is 1. The second-order valence-electron chi connectivity index (χ2n) is 29.4. The number of likely N-dealkylation sites (N-methyl/N-ethyl adjacent to an activating group) is 1. The third-order valence-corrected chi connectivity index (χ3v) is 20.6. The summed E-state index contributed by atoms with van der Waals surface area (Å²) < 4.78 is 96.2. The second-order valence-corrected chi connectivity index (χ2v) is 30.2. The molecular formula is C79H87Cl2F3N10O28. The van der Waals surface area contributed by atoms with Crippen LogP contribution in [0, 0.1) is 5.92 Å². The number of halogens is 5. The van der Waals surface area contributed by atoms with Crippen molar-refractivity contribution in [2.45, 2.75) is 162 Å². The molecule has 7 aliphatic heterocycles. The van der Waals surface area contributed by atoms with Crippen LogP contribution in [0.4, 0.5) is 22.8 Å². The Bertz CT molecular complexity index is 4910. The normalized spacial score (nSPS) is 26.2. The highest BCUT2D eigenvalue weighted by Gasteiger charge is 2.54. The molecule has 10 amide bonds. The molecule has 12 rings (SSSR count). The quantitative estimate of drug-likeness (QED) is 0.0284. The maximum Gasteiger partial charge on any atom is 0.471 e. The Hall–Kier alpha value is -12.1. The predicted octanol–water partition coefficient (Wildman–Crippen LogP) is 3.43. The molecule has 18 atom stereocenters. The fourth-order valence-electron chi connectivity index (χ4n) is 13.9. The summed E-state index contributed by atoms with van der Waals surface area (Å²) in [7, 11) is 1.19. The van der Waals surface area contributed by atoms with Gasteiger partial charge >= 0.3 is 30.2 Å². The lowest BCUT2D eigenvalue weighted by Crippen LogP contribution is -2.66. The minimum Gasteiger partial charge on any atom is -0.508 e. The number of rotatable bonds is 21. The number of hydrogen-bond acceptors (Lipinski definition) is 28. The van der Waals surface area contributed by atoms with Crippen molar-refractivity contribution in [3.63, 3.8) is 0 Å². The van der Waals surface area contributed by atoms with Crippen LogP contribution in [0.5, 0.6) is 46.0 Å². The summed E-state index contributed by atoms with van der Waals surface area (Å²) in [5.74, 6) is -20.4. The lowest BCUT2D eigenvalue weighted by Gasteiger charge is -2.48. The number of benzene rings is 5. The number of phenols is 3. The zero-order valence-corrected chi connectivity index (χ0v) is 66.9. The number of carbonyl (C=O) groups is 11. The van der Waals surface area contributed by atoms with E-state index in [9.17, 15) is 82.8 Å². The maximum absolute atomic E-state index is 16.3. The summed E-state index contributed by atoms with van der Waals surface area (Å²) in [5, 5.41) is 113. The van der Waals surface area contributed by atoms with E-state index in [-0.39, 0.29) is 36.7 Å². The van der Waals surface area contributed by atoms with Gasteiger partial charge in [-0.3, -0.25) is 43.3 Å². The fraction of sp³-hybridized carbons (Fsp3) is 0.405. The van der Waals surface area contributed by atoms with E-state index in [1.54, 1.807) is 19.2 Å². The van der Waals surface area contributed by atoms with Crippen LogP contribution in [0.25, 0.3) is 11.1 Å². The number of nitrogens with two attached hydrogens (primary N) is 1. The molecular weight excluding hydrogens is 1660 g/mol. The number of primary amides is 1. The zero-order valence-electron chi connectivity index (χ0n) is 65.4. The van der Waals surface area contributed by atoms with Gasteiger partial charge < -0.3 is 132 Å². The SMILES string of the molecule is C=CCOC(=O)NC1(C)CC(OC2C(Oc3c4cc5cc3Oc3ccc(cc3Cl)[C@@H](O)[C@@H](NC(=O)[C@H](CC(C)C)N(C)C(=O)OCC=C)C(=O)N[C@@H](CC(N)=O)C(=O)NC5C(=O)NC3C(=O)N[C@H](C(=O)N[C@@H](C(=O)OCC=C)c5cc(O)cc(O)c5-c5cc3ccc5O)[C@H](O)c3ccc(c(Cl)c3)O4)OC(CNC(=O)C(F)(F)F)C(O)C2O)OC(C)C1O. The van der Waals surface area contributed by atoms with Crippen molar-refractivity contribution >= 4 is 88.6 Å². The van der Waals surface area contributed by atoms with Crippen LogP contribution in [0.15, 0.2) is 117 Å². The highest BCUT2D eigenvalue weighted by atomic mass is 35.5. The first-order valence-corrected chi connectivity index (χ1v) is 38.1. The summed E-state index contributed by atoms with van der Waals surface area (Å²) in [6, 6.07) is -3.01. The Kier molecular flexibility index (Phi) is 29.3. The first kappa shape index (κ1) is 92.2. The van der Waals surface area contributed by atoms with E-state index < -0.39 is 291 Å². The van der Waals surface area contributed by atoms with Crippen LogP contribution in [0.3, 0.4) is 0 Å². The van der Waals surface area contributed by atoms with Crippen molar-refractivity contribution in [1.82, 2.24) is 47.4 Å². The molecule has 38 nitrogen and oxygen atoms in total. The van der Waals surface area contributed by atoms with E-state index >= 15 is 24.0 Å². The number of phenolic OH excluding ortho intramolecular Hbond substituents is 3. The van der Waals surface area contributed by atoms with E-state index in [0.717, 1.165) is 89.8 Å². The van der Waals surface area contributed by atoms with Gasteiger partial charge in [0.25, 0.3) is 0 Å². The molecule has 7 aliphatic rings. The molecule has 656 valence electrons. The van der Waals surface area contributed by atoms with Crippen molar-refractivity contribution < 1.29 is 149 Å². The van der Waals surface area contributed by atoms with Gasteiger partial charge in [-0.2, -0.15) is 13.2 Å². The lowest BCUT2D eigenvalue weighted by atomic mass is 9.85. The Labute approximate surface area is 701 Å². The average molecular weight is 1750 g/mol. The van der Waals surface area contributed by atoms with Gasteiger partial charge in [0, 0.05) is 42.8 Å². The number of aliphatic hydroxyl groups excluding tert-OH is 5. The van der Waals surface area contributed by atoms with Crippen molar-refractivity contribution in [2.24, 2.45) is 11.7 Å². The van der Waals surface area contributed by atoms with E-state index in [4.69, 9.17) is 71.6 Å². The number of amides is 10. The Balaban J connectivity index is 1.25. The molecule has 11 bridgehead atoms. The second kappa shape index (κ2) is 38.8. The van der Waals surface area contributed by atoms with Crippen LogP contribution in [-0.2, 0) is 71.6 Å². The highest BCUT2D eigenvalue weighted by molar-refractivity contribution is 6.32.